The summed E-state index contributed by atoms with van der Waals surface area (Å²) in [6, 6.07) is 0.124. The highest BCUT2D eigenvalue weighted by molar-refractivity contribution is 5.20. The molecule has 0 radical (unpaired) electrons. The molecule has 0 aliphatic carbocycles. The number of hydrogen-bond acceptors (Lipinski definition) is 4. The van der Waals surface area contributed by atoms with Crippen molar-refractivity contribution in [3.05, 3.63) is 17.0 Å². The highest BCUT2D eigenvalue weighted by Crippen LogP contribution is 2.12. The Morgan fingerprint density at radius 3 is 2.47 bits per heavy atom. The topological polar surface area (TPSA) is 58.3 Å². The predicted octanol–water partition coefficient (Wildman–Crippen LogP) is 1.40. The molecular formula is C11H20N2O2. The Kier molecular flexibility index (Phi) is 4.29. The molecule has 0 spiro atoms. The number of aliphatic hydroxyl groups is 1. The SMILES string of the molecule is Cc1noc(C)c1CNC(CO)C(C)C. The third-order valence-electron chi connectivity index (χ3n) is 2.72. The predicted molar refractivity (Wildman–Crippen MR) is 58.5 cm³/mol. The smallest absolute Gasteiger partial charge is 0.138 e. The van der Waals surface area contributed by atoms with Gasteiger partial charge in [0.05, 0.1) is 12.3 Å². The van der Waals surface area contributed by atoms with Gasteiger partial charge in [0.1, 0.15) is 5.76 Å². The molecule has 0 saturated heterocycles. The number of rotatable bonds is 5. The van der Waals surface area contributed by atoms with Gasteiger partial charge in [-0.3, -0.25) is 0 Å². The van der Waals surface area contributed by atoms with Crippen molar-refractivity contribution in [3.8, 4) is 0 Å². The third kappa shape index (κ3) is 3.04. The summed E-state index contributed by atoms with van der Waals surface area (Å²) in [5, 5.41) is 16.4. The maximum Gasteiger partial charge on any atom is 0.138 e. The van der Waals surface area contributed by atoms with Crippen molar-refractivity contribution < 1.29 is 9.63 Å². The van der Waals surface area contributed by atoms with Gasteiger partial charge in [0.15, 0.2) is 0 Å². The van der Waals surface area contributed by atoms with Crippen molar-refractivity contribution in [2.75, 3.05) is 6.61 Å². The maximum atomic E-state index is 9.16. The van der Waals surface area contributed by atoms with Crippen LogP contribution in [0.5, 0.6) is 0 Å². The average Bonchev–Trinajstić information content (AvgIpc) is 2.49. The second kappa shape index (κ2) is 5.28. The van der Waals surface area contributed by atoms with Crippen LogP contribution in [0.3, 0.4) is 0 Å². The van der Waals surface area contributed by atoms with Crippen LogP contribution < -0.4 is 5.32 Å². The van der Waals surface area contributed by atoms with Gasteiger partial charge in [-0.25, -0.2) is 0 Å². The molecule has 0 amide bonds. The van der Waals surface area contributed by atoms with Gasteiger partial charge < -0.3 is 14.9 Å². The molecule has 0 bridgehead atoms. The number of aliphatic hydroxyl groups excluding tert-OH is 1. The fraction of sp³-hybridized carbons (Fsp3) is 0.727. The maximum absolute atomic E-state index is 9.16. The van der Waals surface area contributed by atoms with Crippen LogP contribution in [0, 0.1) is 19.8 Å². The summed E-state index contributed by atoms with van der Waals surface area (Å²) in [4.78, 5) is 0. The van der Waals surface area contributed by atoms with Gasteiger partial charge in [-0.05, 0) is 19.8 Å². The van der Waals surface area contributed by atoms with E-state index < -0.39 is 0 Å². The van der Waals surface area contributed by atoms with E-state index in [-0.39, 0.29) is 12.6 Å². The molecule has 0 aromatic carbocycles. The molecule has 1 atom stereocenters. The van der Waals surface area contributed by atoms with E-state index in [1.807, 2.05) is 13.8 Å². The minimum atomic E-state index is 0.124. The first-order valence-corrected chi connectivity index (χ1v) is 5.32. The number of nitrogens with one attached hydrogen (secondary N) is 1. The summed E-state index contributed by atoms with van der Waals surface area (Å²) in [5.41, 5.74) is 2.01. The molecule has 1 unspecified atom stereocenters. The highest BCUT2D eigenvalue weighted by Gasteiger charge is 2.14. The lowest BCUT2D eigenvalue weighted by molar-refractivity contribution is 0.210. The zero-order chi connectivity index (χ0) is 11.4. The molecule has 0 aliphatic rings. The Morgan fingerprint density at radius 2 is 2.07 bits per heavy atom. The van der Waals surface area contributed by atoms with Crippen LogP contribution in [-0.4, -0.2) is 22.9 Å². The van der Waals surface area contributed by atoms with E-state index in [4.69, 9.17) is 9.63 Å². The second-order valence-electron chi connectivity index (χ2n) is 4.22. The van der Waals surface area contributed by atoms with E-state index in [2.05, 4.69) is 24.3 Å². The van der Waals surface area contributed by atoms with Crippen molar-refractivity contribution in [2.45, 2.75) is 40.3 Å². The zero-order valence-corrected chi connectivity index (χ0v) is 9.87. The lowest BCUT2D eigenvalue weighted by atomic mass is 10.0. The van der Waals surface area contributed by atoms with E-state index in [1.54, 1.807) is 0 Å². The number of aromatic nitrogens is 1. The lowest BCUT2D eigenvalue weighted by Gasteiger charge is -2.19. The van der Waals surface area contributed by atoms with Crippen molar-refractivity contribution in [1.29, 1.82) is 0 Å². The molecule has 0 saturated carbocycles. The Labute approximate surface area is 90.7 Å². The second-order valence-corrected chi connectivity index (χ2v) is 4.22. The summed E-state index contributed by atoms with van der Waals surface area (Å²) in [6.45, 7) is 8.85. The van der Waals surface area contributed by atoms with Crippen molar-refractivity contribution in [1.82, 2.24) is 10.5 Å². The van der Waals surface area contributed by atoms with Crippen molar-refractivity contribution in [3.63, 3.8) is 0 Å². The fourth-order valence-electron chi connectivity index (χ4n) is 1.50. The summed E-state index contributed by atoms with van der Waals surface area (Å²) >= 11 is 0. The van der Waals surface area contributed by atoms with E-state index in [0.29, 0.717) is 12.5 Å². The van der Waals surface area contributed by atoms with E-state index >= 15 is 0 Å². The Balaban J connectivity index is 2.56. The summed E-state index contributed by atoms with van der Waals surface area (Å²) < 4.78 is 5.07. The highest BCUT2D eigenvalue weighted by atomic mass is 16.5. The Bertz CT molecular complexity index is 288. The fourth-order valence-corrected chi connectivity index (χ4v) is 1.50. The van der Waals surface area contributed by atoms with Crippen LogP contribution in [0.1, 0.15) is 30.9 Å². The first-order chi connectivity index (χ1) is 7.06. The van der Waals surface area contributed by atoms with Crippen LogP contribution in [-0.2, 0) is 6.54 Å². The van der Waals surface area contributed by atoms with E-state index in [9.17, 15) is 0 Å². The summed E-state index contributed by atoms with van der Waals surface area (Å²) in [6.07, 6.45) is 0. The van der Waals surface area contributed by atoms with Gasteiger partial charge in [0.2, 0.25) is 0 Å². The molecule has 1 aromatic heterocycles. The zero-order valence-electron chi connectivity index (χ0n) is 9.87. The van der Waals surface area contributed by atoms with Crippen LogP contribution in [0.15, 0.2) is 4.52 Å². The van der Waals surface area contributed by atoms with Gasteiger partial charge in [-0.2, -0.15) is 0 Å². The largest absolute Gasteiger partial charge is 0.395 e. The standard InChI is InChI=1S/C11H20N2O2/c1-7(2)11(6-14)12-5-10-8(3)13-15-9(10)4/h7,11-12,14H,5-6H2,1-4H3. The lowest BCUT2D eigenvalue weighted by Crippen LogP contribution is -2.36. The van der Waals surface area contributed by atoms with Crippen LogP contribution in [0.2, 0.25) is 0 Å². The van der Waals surface area contributed by atoms with E-state index in [0.717, 1.165) is 17.0 Å². The van der Waals surface area contributed by atoms with Gasteiger partial charge in [-0.15, -0.1) is 0 Å². The van der Waals surface area contributed by atoms with Crippen molar-refractivity contribution >= 4 is 0 Å². The minimum absolute atomic E-state index is 0.124. The van der Waals surface area contributed by atoms with Crippen LogP contribution in [0.25, 0.3) is 0 Å². The molecule has 1 rings (SSSR count). The number of nitrogens with zero attached hydrogens (tertiary/aromatic N) is 1. The molecule has 1 aromatic rings. The molecular weight excluding hydrogens is 192 g/mol. The molecule has 2 N–H and O–H groups in total. The third-order valence-corrected chi connectivity index (χ3v) is 2.72. The number of hydrogen-bond donors (Lipinski definition) is 2. The van der Waals surface area contributed by atoms with E-state index in [1.165, 1.54) is 0 Å². The van der Waals surface area contributed by atoms with Crippen LogP contribution in [0.4, 0.5) is 0 Å². The first-order valence-electron chi connectivity index (χ1n) is 5.32. The van der Waals surface area contributed by atoms with Gasteiger partial charge in [0.25, 0.3) is 0 Å². The van der Waals surface area contributed by atoms with Gasteiger partial charge in [0, 0.05) is 18.2 Å². The Morgan fingerprint density at radius 1 is 1.40 bits per heavy atom. The normalized spacial score (nSPS) is 13.5. The van der Waals surface area contributed by atoms with Gasteiger partial charge in [-0.1, -0.05) is 19.0 Å². The average molecular weight is 212 g/mol. The molecule has 4 nitrogen and oxygen atoms in total. The summed E-state index contributed by atoms with van der Waals surface area (Å²) in [7, 11) is 0. The molecule has 15 heavy (non-hydrogen) atoms. The monoisotopic (exact) mass is 212 g/mol. The molecule has 1 heterocycles. The van der Waals surface area contributed by atoms with Crippen LogP contribution >= 0.6 is 0 Å². The molecule has 0 fully saturated rings. The minimum Gasteiger partial charge on any atom is -0.395 e. The quantitative estimate of drug-likeness (QED) is 0.774. The van der Waals surface area contributed by atoms with Gasteiger partial charge >= 0.3 is 0 Å². The molecule has 0 aliphatic heterocycles. The molecule has 4 heteroatoms. The molecule has 86 valence electrons. The number of aryl methyl sites for hydroxylation is 2. The summed E-state index contributed by atoms with van der Waals surface area (Å²) in [5.74, 6) is 1.26. The van der Waals surface area contributed by atoms with Crippen molar-refractivity contribution in [2.24, 2.45) is 5.92 Å². The first kappa shape index (κ1) is 12.2. The Hall–Kier alpha value is -0.870.